The molecule has 0 spiro atoms. The van der Waals surface area contributed by atoms with Gasteiger partial charge in [0, 0.05) is 23.4 Å². The van der Waals surface area contributed by atoms with Crippen molar-refractivity contribution in [2.24, 2.45) is 0 Å². The first kappa shape index (κ1) is 16.7. The van der Waals surface area contributed by atoms with Crippen LogP contribution in [0.3, 0.4) is 0 Å². The van der Waals surface area contributed by atoms with E-state index in [9.17, 15) is 9.18 Å². The molecule has 4 rings (SSSR count). The molecule has 0 amide bonds. The summed E-state index contributed by atoms with van der Waals surface area (Å²) in [5.74, 6) is 0.202. The molecule has 0 aliphatic carbocycles. The standard InChI is InChI=1S/C18H15FN6O2/c1-27-17-8-15(5-6-16(17)13-9-20-21-10-13)25-18(26)24(22-23-25)11-12-3-2-4-14(19)7-12/h2-10H,11H2,1H3,(H,20,21). The lowest BCUT2D eigenvalue weighted by Crippen LogP contribution is -2.24. The summed E-state index contributed by atoms with van der Waals surface area (Å²) in [6.07, 6.45) is 3.43. The Balaban J connectivity index is 1.68. The van der Waals surface area contributed by atoms with Crippen molar-refractivity contribution in [3.63, 3.8) is 0 Å². The van der Waals surface area contributed by atoms with Crippen molar-refractivity contribution in [1.82, 2.24) is 30.0 Å². The van der Waals surface area contributed by atoms with Crippen molar-refractivity contribution in [1.29, 1.82) is 0 Å². The summed E-state index contributed by atoms with van der Waals surface area (Å²) in [4.78, 5) is 12.6. The minimum absolute atomic E-state index is 0.126. The first-order chi connectivity index (χ1) is 13.2. The number of aromatic amines is 1. The largest absolute Gasteiger partial charge is 0.496 e. The van der Waals surface area contributed by atoms with E-state index >= 15 is 0 Å². The summed E-state index contributed by atoms with van der Waals surface area (Å²) in [6.45, 7) is 0.126. The maximum Gasteiger partial charge on any atom is 0.368 e. The van der Waals surface area contributed by atoms with Crippen LogP contribution in [-0.4, -0.2) is 37.1 Å². The van der Waals surface area contributed by atoms with Gasteiger partial charge in [-0.15, -0.1) is 0 Å². The number of halogens is 1. The monoisotopic (exact) mass is 366 g/mol. The highest BCUT2D eigenvalue weighted by molar-refractivity contribution is 5.70. The highest BCUT2D eigenvalue weighted by atomic mass is 19.1. The molecule has 0 aliphatic heterocycles. The molecule has 2 aromatic carbocycles. The molecule has 0 unspecified atom stereocenters. The van der Waals surface area contributed by atoms with Crippen molar-refractivity contribution < 1.29 is 9.13 Å². The Hall–Kier alpha value is -3.75. The molecule has 0 saturated heterocycles. The lowest BCUT2D eigenvalue weighted by atomic mass is 10.1. The van der Waals surface area contributed by atoms with Crippen molar-refractivity contribution >= 4 is 0 Å². The Morgan fingerprint density at radius 3 is 2.81 bits per heavy atom. The Morgan fingerprint density at radius 2 is 2.07 bits per heavy atom. The molecule has 0 bridgehead atoms. The van der Waals surface area contributed by atoms with E-state index in [1.54, 1.807) is 43.8 Å². The molecule has 0 atom stereocenters. The second-order valence-corrected chi connectivity index (χ2v) is 5.83. The van der Waals surface area contributed by atoms with Gasteiger partial charge in [0.2, 0.25) is 0 Å². The number of benzene rings is 2. The average molecular weight is 366 g/mol. The van der Waals surface area contributed by atoms with Crippen LogP contribution in [0.2, 0.25) is 0 Å². The number of methoxy groups -OCH3 is 1. The van der Waals surface area contributed by atoms with Crippen LogP contribution < -0.4 is 10.4 Å². The van der Waals surface area contributed by atoms with Gasteiger partial charge in [-0.05, 0) is 40.3 Å². The highest BCUT2D eigenvalue weighted by Gasteiger charge is 2.13. The van der Waals surface area contributed by atoms with Gasteiger partial charge in [0.25, 0.3) is 0 Å². The number of hydrogen-bond donors (Lipinski definition) is 1. The molecule has 2 heterocycles. The van der Waals surface area contributed by atoms with Crippen LogP contribution in [0.25, 0.3) is 16.8 Å². The number of hydrogen-bond acceptors (Lipinski definition) is 5. The maximum absolute atomic E-state index is 13.3. The first-order valence-corrected chi connectivity index (χ1v) is 8.10. The Morgan fingerprint density at radius 1 is 1.19 bits per heavy atom. The lowest BCUT2D eigenvalue weighted by molar-refractivity contribution is 0.416. The second kappa shape index (κ2) is 6.87. The van der Waals surface area contributed by atoms with Crippen LogP contribution >= 0.6 is 0 Å². The SMILES string of the molecule is COc1cc(-n2nnn(Cc3cccc(F)c3)c2=O)ccc1-c1cn[nH]c1. The van der Waals surface area contributed by atoms with Crippen LogP contribution in [0.15, 0.2) is 59.7 Å². The van der Waals surface area contributed by atoms with Crippen LogP contribution in [0.1, 0.15) is 5.56 Å². The van der Waals surface area contributed by atoms with Gasteiger partial charge in [-0.1, -0.05) is 12.1 Å². The summed E-state index contributed by atoms with van der Waals surface area (Å²) in [6, 6.07) is 11.3. The number of nitrogens with zero attached hydrogens (tertiary/aromatic N) is 5. The molecule has 0 saturated carbocycles. The van der Waals surface area contributed by atoms with Crippen molar-refractivity contribution in [2.75, 3.05) is 7.11 Å². The predicted octanol–water partition coefficient (Wildman–Crippen LogP) is 2.02. The Labute approximate surface area is 152 Å². The van der Waals surface area contributed by atoms with E-state index in [0.29, 0.717) is 17.0 Å². The predicted molar refractivity (Wildman–Crippen MR) is 95.3 cm³/mol. The summed E-state index contributed by atoms with van der Waals surface area (Å²) >= 11 is 0. The number of H-pyrrole nitrogens is 1. The summed E-state index contributed by atoms with van der Waals surface area (Å²) in [5, 5.41) is 14.5. The number of tetrazole rings is 1. The average Bonchev–Trinajstić information content (AvgIpc) is 3.32. The molecule has 9 heteroatoms. The minimum Gasteiger partial charge on any atom is -0.496 e. The molecule has 8 nitrogen and oxygen atoms in total. The van der Waals surface area contributed by atoms with Gasteiger partial charge >= 0.3 is 5.69 Å². The van der Waals surface area contributed by atoms with E-state index in [-0.39, 0.29) is 12.4 Å². The van der Waals surface area contributed by atoms with Gasteiger partial charge in [-0.25, -0.2) is 9.18 Å². The molecule has 0 radical (unpaired) electrons. The van der Waals surface area contributed by atoms with Crippen molar-refractivity contribution in [3.8, 4) is 22.6 Å². The third-order valence-electron chi connectivity index (χ3n) is 4.10. The van der Waals surface area contributed by atoms with E-state index < -0.39 is 5.69 Å². The molecule has 27 heavy (non-hydrogen) atoms. The van der Waals surface area contributed by atoms with Crippen LogP contribution in [0, 0.1) is 5.82 Å². The number of rotatable bonds is 5. The number of ether oxygens (including phenoxy) is 1. The lowest BCUT2D eigenvalue weighted by Gasteiger charge is -2.08. The van der Waals surface area contributed by atoms with Gasteiger partial charge in [0.05, 0.1) is 25.5 Å². The van der Waals surface area contributed by atoms with Crippen LogP contribution in [-0.2, 0) is 6.54 Å². The van der Waals surface area contributed by atoms with Gasteiger partial charge in [0.1, 0.15) is 11.6 Å². The van der Waals surface area contributed by atoms with Crippen LogP contribution in [0.4, 0.5) is 4.39 Å². The van der Waals surface area contributed by atoms with E-state index in [2.05, 4.69) is 20.6 Å². The molecule has 4 aromatic rings. The maximum atomic E-state index is 13.3. The minimum atomic E-state index is -0.433. The van der Waals surface area contributed by atoms with Gasteiger partial charge in [0.15, 0.2) is 0 Å². The fourth-order valence-electron chi connectivity index (χ4n) is 2.79. The summed E-state index contributed by atoms with van der Waals surface area (Å²) < 4.78 is 21.1. The number of aromatic nitrogens is 6. The third-order valence-corrected chi connectivity index (χ3v) is 4.10. The zero-order valence-corrected chi connectivity index (χ0v) is 14.3. The Bertz CT molecular complexity index is 1130. The van der Waals surface area contributed by atoms with E-state index in [4.69, 9.17) is 4.74 Å². The summed E-state index contributed by atoms with van der Waals surface area (Å²) in [7, 11) is 1.55. The highest BCUT2D eigenvalue weighted by Crippen LogP contribution is 2.30. The molecule has 136 valence electrons. The smallest absolute Gasteiger partial charge is 0.368 e. The quantitative estimate of drug-likeness (QED) is 0.584. The van der Waals surface area contributed by atoms with E-state index in [1.165, 1.54) is 21.5 Å². The third kappa shape index (κ3) is 3.22. The van der Waals surface area contributed by atoms with E-state index in [1.807, 2.05) is 6.07 Å². The zero-order chi connectivity index (χ0) is 18.8. The fraction of sp³-hybridized carbons (Fsp3) is 0.111. The second-order valence-electron chi connectivity index (χ2n) is 5.83. The van der Waals surface area contributed by atoms with Gasteiger partial charge in [-0.2, -0.15) is 14.5 Å². The molecular weight excluding hydrogens is 351 g/mol. The number of nitrogens with one attached hydrogen (secondary N) is 1. The summed E-state index contributed by atoms with van der Waals surface area (Å²) in [5.41, 5.74) is 2.39. The molecular formula is C18H15FN6O2. The molecule has 0 aliphatic rings. The molecule has 2 aromatic heterocycles. The van der Waals surface area contributed by atoms with Crippen LogP contribution in [0.5, 0.6) is 5.75 Å². The molecule has 1 N–H and O–H groups in total. The molecule has 0 fully saturated rings. The van der Waals surface area contributed by atoms with Gasteiger partial charge < -0.3 is 4.74 Å². The van der Waals surface area contributed by atoms with Crippen molar-refractivity contribution in [3.05, 3.63) is 76.7 Å². The topological polar surface area (TPSA) is 90.6 Å². The fourth-order valence-corrected chi connectivity index (χ4v) is 2.79. The Kier molecular flexibility index (Phi) is 4.25. The van der Waals surface area contributed by atoms with E-state index in [0.717, 1.165) is 11.1 Å². The zero-order valence-electron chi connectivity index (χ0n) is 14.3. The normalized spacial score (nSPS) is 10.9. The van der Waals surface area contributed by atoms with Crippen molar-refractivity contribution in [2.45, 2.75) is 6.54 Å². The van der Waals surface area contributed by atoms with Gasteiger partial charge in [-0.3, -0.25) is 5.10 Å². The first-order valence-electron chi connectivity index (χ1n) is 8.10.